The summed E-state index contributed by atoms with van der Waals surface area (Å²) in [6.45, 7) is 17.7. The first-order valence-corrected chi connectivity index (χ1v) is 14.7. The van der Waals surface area contributed by atoms with Crippen LogP contribution in [0.15, 0.2) is 102 Å². The second-order valence-electron chi connectivity index (χ2n) is 11.5. The zero-order valence-corrected chi connectivity index (χ0v) is 24.7. The van der Waals surface area contributed by atoms with Gasteiger partial charge in [-0.2, -0.15) is 5.10 Å². The van der Waals surface area contributed by atoms with Crippen LogP contribution >= 0.6 is 0 Å². The fourth-order valence-electron chi connectivity index (χ4n) is 5.60. The molecular weight excluding hydrogens is 488 g/mol. The molecule has 40 heavy (non-hydrogen) atoms. The number of nitrogens with one attached hydrogen (secondary N) is 1. The summed E-state index contributed by atoms with van der Waals surface area (Å²) < 4.78 is 1.93. The van der Waals surface area contributed by atoms with Crippen LogP contribution in [0.1, 0.15) is 65.0 Å². The monoisotopic (exact) mass is 530 g/mol. The standard InChI is InChI=1S/C36H42N4/c1-7-25(3)26(4)9-8-10-27(5)36-28(6)12-11-24(2)19-33(36)29-13-15-34-32(20-29)23-39-40(34)35-16-14-30(22-38-35)31-17-18-37-21-31/h8-10,13-17,19-20,22-25,37H,5,7,11-12,18,21H2,1-4,6H3/b10-8-,26-9-. The van der Waals surface area contributed by atoms with Crippen LogP contribution in [0.2, 0.25) is 0 Å². The van der Waals surface area contributed by atoms with Crippen LogP contribution in [0.4, 0.5) is 0 Å². The van der Waals surface area contributed by atoms with Gasteiger partial charge < -0.3 is 5.32 Å². The molecule has 1 aliphatic heterocycles. The molecule has 0 saturated heterocycles. The lowest BCUT2D eigenvalue weighted by Crippen LogP contribution is -2.07. The highest BCUT2D eigenvalue weighted by Crippen LogP contribution is 2.38. The molecule has 206 valence electrons. The van der Waals surface area contributed by atoms with Gasteiger partial charge in [0.25, 0.3) is 0 Å². The van der Waals surface area contributed by atoms with Crippen molar-refractivity contribution in [2.75, 3.05) is 13.1 Å². The number of hydrogen-bond donors (Lipinski definition) is 1. The van der Waals surface area contributed by atoms with Gasteiger partial charge in [0.1, 0.15) is 0 Å². The Morgan fingerprint density at radius 2 is 2.02 bits per heavy atom. The van der Waals surface area contributed by atoms with E-state index >= 15 is 0 Å². The summed E-state index contributed by atoms with van der Waals surface area (Å²) in [5.41, 5.74) is 11.2. The average molecular weight is 531 g/mol. The van der Waals surface area contributed by atoms with Crippen LogP contribution in [-0.2, 0) is 0 Å². The Labute approximate surface area is 239 Å². The van der Waals surface area contributed by atoms with Gasteiger partial charge in [-0.3, -0.25) is 0 Å². The molecule has 1 aromatic carbocycles. The van der Waals surface area contributed by atoms with Gasteiger partial charge >= 0.3 is 0 Å². The number of hydrogen-bond acceptors (Lipinski definition) is 3. The Kier molecular flexibility index (Phi) is 8.46. The van der Waals surface area contributed by atoms with Crippen LogP contribution in [0.5, 0.6) is 0 Å². The smallest absolute Gasteiger partial charge is 0.154 e. The van der Waals surface area contributed by atoms with E-state index in [1.165, 1.54) is 33.4 Å². The molecule has 0 spiro atoms. The van der Waals surface area contributed by atoms with Crippen molar-refractivity contribution >= 4 is 22.0 Å². The van der Waals surface area contributed by atoms with Crippen LogP contribution in [0.3, 0.4) is 0 Å². The highest BCUT2D eigenvalue weighted by molar-refractivity contribution is 5.91. The van der Waals surface area contributed by atoms with Gasteiger partial charge in [0.15, 0.2) is 5.82 Å². The summed E-state index contributed by atoms with van der Waals surface area (Å²) in [5.74, 6) is 1.92. The third-order valence-electron chi connectivity index (χ3n) is 8.51. The molecule has 0 saturated carbocycles. The first-order valence-electron chi connectivity index (χ1n) is 14.7. The minimum atomic E-state index is 0.498. The van der Waals surface area contributed by atoms with Crippen molar-refractivity contribution < 1.29 is 0 Å². The molecule has 3 aromatic rings. The van der Waals surface area contributed by atoms with Crippen molar-refractivity contribution in [1.29, 1.82) is 0 Å². The molecular formula is C36H42N4. The SMILES string of the molecule is C=C(/C=C\C=C(\C)C(C)CC)C1=C(C)CCC(C)C=C1c1ccc2c(cnn2-c2ccc(C3=CCNC3)cn2)c1. The maximum absolute atomic E-state index is 4.74. The molecule has 3 heterocycles. The summed E-state index contributed by atoms with van der Waals surface area (Å²) in [7, 11) is 0. The van der Waals surface area contributed by atoms with Gasteiger partial charge in [-0.1, -0.05) is 74.9 Å². The van der Waals surface area contributed by atoms with Gasteiger partial charge in [0.05, 0.1) is 11.7 Å². The predicted molar refractivity (Wildman–Crippen MR) is 170 cm³/mol. The van der Waals surface area contributed by atoms with Gasteiger partial charge in [0, 0.05) is 24.7 Å². The molecule has 0 fully saturated rings. The second kappa shape index (κ2) is 12.2. The molecule has 1 aliphatic carbocycles. The molecule has 0 radical (unpaired) electrons. The van der Waals surface area contributed by atoms with Crippen LogP contribution in [-0.4, -0.2) is 27.9 Å². The lowest BCUT2D eigenvalue weighted by atomic mass is 9.88. The Bertz CT molecular complexity index is 1560. The number of pyridine rings is 1. The van der Waals surface area contributed by atoms with Gasteiger partial charge in [-0.25, -0.2) is 9.67 Å². The average Bonchev–Trinajstić information content (AvgIpc) is 3.62. The second-order valence-corrected chi connectivity index (χ2v) is 11.5. The van der Waals surface area contributed by atoms with E-state index in [1.54, 1.807) is 0 Å². The van der Waals surface area contributed by atoms with Crippen molar-refractivity contribution in [3.63, 3.8) is 0 Å². The third kappa shape index (κ3) is 5.88. The maximum Gasteiger partial charge on any atom is 0.154 e. The topological polar surface area (TPSA) is 42.7 Å². The van der Waals surface area contributed by atoms with Gasteiger partial charge in [-0.15, -0.1) is 0 Å². The first-order chi connectivity index (χ1) is 19.4. The maximum atomic E-state index is 4.74. The van der Waals surface area contributed by atoms with Crippen LogP contribution in [0, 0.1) is 11.8 Å². The summed E-state index contributed by atoms with van der Waals surface area (Å²) in [6.07, 6.45) is 18.5. The zero-order chi connectivity index (χ0) is 28.2. The number of nitrogens with zero attached hydrogens (tertiary/aromatic N) is 3. The molecule has 2 unspecified atom stereocenters. The Morgan fingerprint density at radius 1 is 1.20 bits per heavy atom. The Morgan fingerprint density at radius 3 is 2.75 bits per heavy atom. The Hall–Kier alpha value is -3.76. The fraction of sp³-hybridized carbons (Fsp3) is 0.333. The lowest BCUT2D eigenvalue weighted by Gasteiger charge is -2.16. The van der Waals surface area contributed by atoms with E-state index in [-0.39, 0.29) is 0 Å². The Balaban J connectivity index is 1.46. The number of allylic oxidation sites excluding steroid dienone is 9. The van der Waals surface area contributed by atoms with Gasteiger partial charge in [-0.05, 0) is 103 Å². The molecule has 1 N–H and O–H groups in total. The summed E-state index contributed by atoms with van der Waals surface area (Å²) in [4.78, 5) is 4.74. The largest absolute Gasteiger partial charge is 0.309 e. The minimum Gasteiger partial charge on any atom is -0.309 e. The van der Waals surface area contributed by atoms with Crippen LogP contribution < -0.4 is 5.32 Å². The minimum absolute atomic E-state index is 0.498. The number of fused-ring (bicyclic) bond motifs is 1. The van der Waals surface area contributed by atoms with E-state index in [0.717, 1.165) is 60.2 Å². The third-order valence-corrected chi connectivity index (χ3v) is 8.51. The van der Waals surface area contributed by atoms with E-state index < -0.39 is 0 Å². The molecule has 2 atom stereocenters. The van der Waals surface area contributed by atoms with E-state index in [2.05, 4.69) is 107 Å². The first kappa shape index (κ1) is 27.8. The highest BCUT2D eigenvalue weighted by atomic mass is 15.3. The molecule has 4 nitrogen and oxygen atoms in total. The van der Waals surface area contributed by atoms with Crippen molar-refractivity contribution in [1.82, 2.24) is 20.1 Å². The van der Waals surface area contributed by atoms with Crippen molar-refractivity contribution in [3.8, 4) is 5.82 Å². The molecule has 4 heteroatoms. The number of rotatable bonds is 8. The zero-order valence-electron chi connectivity index (χ0n) is 24.7. The van der Waals surface area contributed by atoms with E-state index in [4.69, 9.17) is 10.1 Å². The van der Waals surface area contributed by atoms with Crippen LogP contribution in [0.25, 0.3) is 27.9 Å². The quantitative estimate of drug-likeness (QED) is 0.296. The highest BCUT2D eigenvalue weighted by Gasteiger charge is 2.19. The summed E-state index contributed by atoms with van der Waals surface area (Å²) in [5, 5.41) is 9.18. The van der Waals surface area contributed by atoms with Crippen molar-refractivity contribution in [2.45, 2.75) is 53.9 Å². The van der Waals surface area contributed by atoms with E-state index in [9.17, 15) is 0 Å². The molecule has 0 bridgehead atoms. The molecule has 2 aromatic heterocycles. The molecule has 0 amide bonds. The fourth-order valence-corrected chi connectivity index (χ4v) is 5.60. The van der Waals surface area contributed by atoms with Crippen molar-refractivity contribution in [3.05, 3.63) is 113 Å². The lowest BCUT2D eigenvalue weighted by molar-refractivity contribution is 0.650. The van der Waals surface area contributed by atoms with E-state index in [0.29, 0.717) is 11.8 Å². The normalized spacial score (nSPS) is 19.2. The molecule has 5 rings (SSSR count). The number of aromatic nitrogens is 3. The summed E-state index contributed by atoms with van der Waals surface area (Å²) in [6, 6.07) is 10.9. The molecule has 2 aliphatic rings. The van der Waals surface area contributed by atoms with E-state index in [1.807, 2.05) is 17.1 Å². The van der Waals surface area contributed by atoms with Crippen molar-refractivity contribution in [2.24, 2.45) is 11.8 Å². The van der Waals surface area contributed by atoms with Gasteiger partial charge in [0.2, 0.25) is 0 Å². The number of benzene rings is 1. The summed E-state index contributed by atoms with van der Waals surface area (Å²) >= 11 is 0. The predicted octanol–water partition coefficient (Wildman–Crippen LogP) is 8.64.